The van der Waals surface area contributed by atoms with E-state index in [-0.39, 0.29) is 17.4 Å². The van der Waals surface area contributed by atoms with E-state index >= 15 is 0 Å². The Morgan fingerprint density at radius 3 is 2.82 bits per heavy atom. The summed E-state index contributed by atoms with van der Waals surface area (Å²) < 4.78 is 0. The fourth-order valence-corrected chi connectivity index (χ4v) is 2.06. The van der Waals surface area contributed by atoms with Crippen LogP contribution in [0.25, 0.3) is 0 Å². The number of hydrogen-bond donors (Lipinski definition) is 1. The first-order chi connectivity index (χ1) is 8.08. The molecule has 90 valence electrons. The third kappa shape index (κ3) is 2.46. The van der Waals surface area contributed by atoms with Gasteiger partial charge in [-0.1, -0.05) is 6.07 Å². The summed E-state index contributed by atoms with van der Waals surface area (Å²) in [6, 6.07) is 4.91. The number of carbonyl (C=O) groups excluding carboxylic acids is 2. The lowest BCUT2D eigenvalue weighted by Gasteiger charge is -2.16. The van der Waals surface area contributed by atoms with Crippen LogP contribution in [0.15, 0.2) is 18.2 Å². The van der Waals surface area contributed by atoms with Crippen molar-refractivity contribution in [3.05, 3.63) is 29.3 Å². The van der Waals surface area contributed by atoms with Crippen molar-refractivity contribution in [1.82, 2.24) is 4.90 Å². The number of phenols is 1. The predicted octanol–water partition coefficient (Wildman–Crippen LogP) is 1.72. The lowest BCUT2D eigenvalue weighted by molar-refractivity contribution is -0.128. The predicted molar refractivity (Wildman–Crippen MR) is 62.8 cm³/mol. The van der Waals surface area contributed by atoms with Crippen LogP contribution in [-0.2, 0) is 11.3 Å². The van der Waals surface area contributed by atoms with Crippen LogP contribution in [0.3, 0.4) is 0 Å². The zero-order chi connectivity index (χ0) is 12.4. The Labute approximate surface area is 99.9 Å². The molecular weight excluding hydrogens is 218 g/mol. The van der Waals surface area contributed by atoms with Gasteiger partial charge < -0.3 is 10.0 Å². The first kappa shape index (κ1) is 11.6. The van der Waals surface area contributed by atoms with Gasteiger partial charge in [0.15, 0.2) is 5.78 Å². The van der Waals surface area contributed by atoms with E-state index < -0.39 is 0 Å². The van der Waals surface area contributed by atoms with Crippen LogP contribution >= 0.6 is 0 Å². The Balaban J connectivity index is 2.19. The number of Topliss-reactive ketones (excluding diaryl/α,β-unsaturated/α-hetero) is 1. The maximum atomic E-state index is 11.5. The minimum absolute atomic E-state index is 0.00556. The Bertz CT molecular complexity index is 468. The van der Waals surface area contributed by atoms with Crippen molar-refractivity contribution in [3.8, 4) is 5.75 Å². The largest absolute Gasteiger partial charge is 0.507 e. The van der Waals surface area contributed by atoms with E-state index in [1.165, 1.54) is 13.0 Å². The minimum atomic E-state index is -0.169. The molecule has 1 N–H and O–H groups in total. The van der Waals surface area contributed by atoms with E-state index in [4.69, 9.17) is 0 Å². The molecule has 4 heteroatoms. The van der Waals surface area contributed by atoms with Crippen molar-refractivity contribution in [2.45, 2.75) is 26.3 Å². The van der Waals surface area contributed by atoms with Crippen LogP contribution in [0.2, 0.25) is 0 Å². The topological polar surface area (TPSA) is 57.6 Å². The maximum Gasteiger partial charge on any atom is 0.222 e. The summed E-state index contributed by atoms with van der Waals surface area (Å²) in [7, 11) is 0. The summed E-state index contributed by atoms with van der Waals surface area (Å²) >= 11 is 0. The second-order valence-electron chi connectivity index (χ2n) is 4.33. The zero-order valence-electron chi connectivity index (χ0n) is 9.77. The number of benzene rings is 1. The van der Waals surface area contributed by atoms with Crippen molar-refractivity contribution in [3.63, 3.8) is 0 Å². The van der Waals surface area contributed by atoms with Crippen LogP contribution in [0.1, 0.15) is 35.7 Å². The Kier molecular flexibility index (Phi) is 3.13. The molecule has 0 unspecified atom stereocenters. The number of rotatable bonds is 3. The van der Waals surface area contributed by atoms with Crippen LogP contribution in [0.4, 0.5) is 0 Å². The zero-order valence-corrected chi connectivity index (χ0v) is 9.77. The number of phenolic OH excluding ortho intramolecular Hbond substituents is 1. The van der Waals surface area contributed by atoms with Gasteiger partial charge in [-0.2, -0.15) is 0 Å². The molecule has 1 aliphatic heterocycles. The van der Waals surface area contributed by atoms with E-state index in [0.717, 1.165) is 18.5 Å². The van der Waals surface area contributed by atoms with Gasteiger partial charge >= 0.3 is 0 Å². The van der Waals surface area contributed by atoms with E-state index in [0.29, 0.717) is 18.5 Å². The number of ketones is 1. The Hall–Kier alpha value is -1.84. The molecule has 0 bridgehead atoms. The molecule has 17 heavy (non-hydrogen) atoms. The minimum Gasteiger partial charge on any atom is -0.507 e. The molecular formula is C13H15NO3. The SMILES string of the molecule is CC(=O)c1cc(CN2CCCC2=O)ccc1O. The second-order valence-corrected chi connectivity index (χ2v) is 4.33. The quantitative estimate of drug-likeness (QED) is 0.809. The number of aromatic hydroxyl groups is 1. The van der Waals surface area contributed by atoms with Crippen LogP contribution in [0, 0.1) is 0 Å². The van der Waals surface area contributed by atoms with Gasteiger partial charge in [-0.25, -0.2) is 0 Å². The molecule has 1 amide bonds. The van der Waals surface area contributed by atoms with Gasteiger partial charge in [0.1, 0.15) is 5.75 Å². The molecule has 0 radical (unpaired) electrons. The molecule has 1 aromatic rings. The average molecular weight is 233 g/mol. The van der Waals surface area contributed by atoms with E-state index in [1.807, 2.05) is 0 Å². The lowest BCUT2D eigenvalue weighted by Crippen LogP contribution is -2.23. The molecule has 1 saturated heterocycles. The molecule has 1 aromatic carbocycles. The highest BCUT2D eigenvalue weighted by Gasteiger charge is 2.20. The molecule has 1 aliphatic rings. The average Bonchev–Trinajstić information content (AvgIpc) is 2.67. The summed E-state index contributed by atoms with van der Waals surface area (Å²) in [6.45, 7) is 2.70. The van der Waals surface area contributed by atoms with Crippen molar-refractivity contribution in [2.75, 3.05) is 6.54 Å². The molecule has 0 aliphatic carbocycles. The first-order valence-electron chi connectivity index (χ1n) is 5.68. The molecule has 0 saturated carbocycles. The molecule has 2 rings (SSSR count). The lowest BCUT2D eigenvalue weighted by atomic mass is 10.1. The van der Waals surface area contributed by atoms with Crippen molar-refractivity contribution < 1.29 is 14.7 Å². The van der Waals surface area contributed by atoms with Gasteiger partial charge in [0, 0.05) is 19.5 Å². The monoisotopic (exact) mass is 233 g/mol. The highest BCUT2D eigenvalue weighted by atomic mass is 16.3. The van der Waals surface area contributed by atoms with Crippen LogP contribution in [-0.4, -0.2) is 28.2 Å². The van der Waals surface area contributed by atoms with Gasteiger partial charge in [-0.3, -0.25) is 9.59 Å². The molecule has 0 atom stereocenters. The Morgan fingerprint density at radius 1 is 1.47 bits per heavy atom. The molecule has 0 aromatic heterocycles. The number of carbonyl (C=O) groups is 2. The third-order valence-corrected chi connectivity index (χ3v) is 2.99. The van der Waals surface area contributed by atoms with Gasteiger partial charge in [0.2, 0.25) is 5.91 Å². The van der Waals surface area contributed by atoms with E-state index in [2.05, 4.69) is 0 Å². The normalized spacial score (nSPS) is 15.4. The van der Waals surface area contributed by atoms with E-state index in [9.17, 15) is 14.7 Å². The highest BCUT2D eigenvalue weighted by molar-refractivity contribution is 5.96. The maximum absolute atomic E-state index is 11.5. The number of likely N-dealkylation sites (tertiary alicyclic amines) is 1. The summed E-state index contributed by atoms with van der Waals surface area (Å²) in [5.41, 5.74) is 1.19. The third-order valence-electron chi connectivity index (χ3n) is 2.99. The molecule has 0 spiro atoms. The van der Waals surface area contributed by atoms with Crippen molar-refractivity contribution in [1.29, 1.82) is 0 Å². The fourth-order valence-electron chi connectivity index (χ4n) is 2.06. The smallest absolute Gasteiger partial charge is 0.222 e. The van der Waals surface area contributed by atoms with Gasteiger partial charge in [0.05, 0.1) is 5.56 Å². The number of hydrogen-bond acceptors (Lipinski definition) is 3. The molecule has 1 heterocycles. The van der Waals surface area contributed by atoms with Crippen molar-refractivity contribution >= 4 is 11.7 Å². The van der Waals surface area contributed by atoms with Crippen LogP contribution in [0.5, 0.6) is 5.75 Å². The van der Waals surface area contributed by atoms with Gasteiger partial charge in [-0.15, -0.1) is 0 Å². The fraction of sp³-hybridized carbons (Fsp3) is 0.385. The van der Waals surface area contributed by atoms with Gasteiger partial charge in [-0.05, 0) is 31.0 Å². The summed E-state index contributed by atoms with van der Waals surface area (Å²) in [5.74, 6) is -0.0199. The van der Waals surface area contributed by atoms with Crippen molar-refractivity contribution in [2.24, 2.45) is 0 Å². The summed E-state index contributed by atoms with van der Waals surface area (Å²) in [4.78, 5) is 24.5. The Morgan fingerprint density at radius 2 is 2.24 bits per heavy atom. The number of amides is 1. The van der Waals surface area contributed by atoms with Crippen LogP contribution < -0.4 is 0 Å². The van der Waals surface area contributed by atoms with Gasteiger partial charge in [0.25, 0.3) is 0 Å². The molecule has 1 fully saturated rings. The first-order valence-corrected chi connectivity index (χ1v) is 5.68. The summed E-state index contributed by atoms with van der Waals surface area (Å²) in [6.07, 6.45) is 1.51. The standard InChI is InChI=1S/C13H15NO3/c1-9(15)11-7-10(4-5-12(11)16)8-14-6-2-3-13(14)17/h4-5,7,16H,2-3,6,8H2,1H3. The number of nitrogens with zero attached hydrogens (tertiary/aromatic N) is 1. The van der Waals surface area contributed by atoms with E-state index in [1.54, 1.807) is 17.0 Å². The molecule has 4 nitrogen and oxygen atoms in total. The highest BCUT2D eigenvalue weighted by Crippen LogP contribution is 2.21. The second kappa shape index (κ2) is 4.57. The summed E-state index contributed by atoms with van der Waals surface area (Å²) in [5, 5.41) is 9.52.